The van der Waals surface area contributed by atoms with Crippen molar-refractivity contribution in [2.24, 2.45) is 0 Å². The molecule has 2 heterocycles. The molecule has 3 amide bonds. The van der Waals surface area contributed by atoms with Crippen LogP contribution in [-0.2, 0) is 4.79 Å². The van der Waals surface area contributed by atoms with E-state index in [1.807, 2.05) is 6.92 Å². The number of pyridine rings is 1. The van der Waals surface area contributed by atoms with Crippen molar-refractivity contribution in [3.8, 4) is 0 Å². The number of carbonyl (C=O) groups is 3. The molecule has 1 atom stereocenters. The van der Waals surface area contributed by atoms with E-state index >= 15 is 0 Å². The summed E-state index contributed by atoms with van der Waals surface area (Å²) in [6.07, 6.45) is 1.79. The molecule has 1 aliphatic rings. The third kappa shape index (κ3) is 3.28. The van der Waals surface area contributed by atoms with E-state index in [0.717, 1.165) is 0 Å². The zero-order valence-electron chi connectivity index (χ0n) is 11.5. The Morgan fingerprint density at radius 3 is 2.86 bits per heavy atom. The van der Waals surface area contributed by atoms with Crippen LogP contribution in [0.25, 0.3) is 0 Å². The van der Waals surface area contributed by atoms with Crippen LogP contribution in [0.2, 0.25) is 0 Å². The van der Waals surface area contributed by atoms with E-state index in [0.29, 0.717) is 25.2 Å². The van der Waals surface area contributed by atoms with Crippen LogP contribution in [0.3, 0.4) is 0 Å². The highest BCUT2D eigenvalue weighted by molar-refractivity contribution is 5.94. The number of nitrogens with one attached hydrogen (secondary N) is 2. The van der Waals surface area contributed by atoms with Crippen molar-refractivity contribution < 1.29 is 19.5 Å². The normalized spacial score (nSPS) is 18.0. The average molecular weight is 292 g/mol. The van der Waals surface area contributed by atoms with Crippen LogP contribution in [0.15, 0.2) is 18.3 Å². The summed E-state index contributed by atoms with van der Waals surface area (Å²) >= 11 is 0. The second-order valence-electron chi connectivity index (χ2n) is 4.58. The molecule has 0 aromatic carbocycles. The third-order valence-corrected chi connectivity index (χ3v) is 3.21. The van der Waals surface area contributed by atoms with E-state index in [1.165, 1.54) is 23.2 Å². The Morgan fingerprint density at radius 1 is 1.52 bits per heavy atom. The molecule has 8 nitrogen and oxygen atoms in total. The van der Waals surface area contributed by atoms with Crippen molar-refractivity contribution in [2.45, 2.75) is 19.4 Å². The van der Waals surface area contributed by atoms with E-state index in [-0.39, 0.29) is 11.6 Å². The van der Waals surface area contributed by atoms with Crippen LogP contribution in [0, 0.1) is 0 Å². The topological polar surface area (TPSA) is 112 Å². The van der Waals surface area contributed by atoms with Crippen molar-refractivity contribution >= 4 is 23.6 Å². The molecule has 1 fully saturated rings. The fraction of sp³-hybridized carbons (Fsp3) is 0.385. The molecule has 0 spiro atoms. The minimum atomic E-state index is -1.13. The maximum atomic E-state index is 12.2. The van der Waals surface area contributed by atoms with Crippen molar-refractivity contribution in [1.29, 1.82) is 0 Å². The Bertz CT molecular complexity index is 558. The van der Waals surface area contributed by atoms with Gasteiger partial charge in [-0.3, -0.25) is 4.79 Å². The number of aromatic carboxylic acids is 1. The highest BCUT2D eigenvalue weighted by Gasteiger charge is 2.31. The molecule has 1 aromatic rings. The number of rotatable bonds is 3. The molecule has 0 saturated carbocycles. The highest BCUT2D eigenvalue weighted by atomic mass is 16.4. The number of amides is 3. The lowest BCUT2D eigenvalue weighted by Crippen LogP contribution is -2.57. The predicted molar refractivity (Wildman–Crippen MR) is 74.0 cm³/mol. The Morgan fingerprint density at radius 2 is 2.29 bits per heavy atom. The van der Waals surface area contributed by atoms with E-state index in [9.17, 15) is 14.4 Å². The smallest absolute Gasteiger partial charge is 0.354 e. The first-order valence-corrected chi connectivity index (χ1v) is 6.57. The number of piperazine rings is 1. The van der Waals surface area contributed by atoms with Crippen LogP contribution >= 0.6 is 0 Å². The van der Waals surface area contributed by atoms with Gasteiger partial charge in [-0.25, -0.2) is 14.6 Å². The Balaban J connectivity index is 2.06. The molecule has 1 saturated heterocycles. The van der Waals surface area contributed by atoms with Gasteiger partial charge in [0.15, 0.2) is 0 Å². The first-order valence-electron chi connectivity index (χ1n) is 6.57. The Kier molecular flexibility index (Phi) is 4.36. The predicted octanol–water partition coefficient (Wildman–Crippen LogP) is 0.522. The molecule has 1 unspecified atom stereocenters. The summed E-state index contributed by atoms with van der Waals surface area (Å²) in [5.74, 6) is -1.30. The van der Waals surface area contributed by atoms with Crippen LogP contribution in [0.4, 0.5) is 10.5 Å². The largest absolute Gasteiger partial charge is 0.477 e. The standard InChI is InChI=1S/C13H16N4O4/c1-2-10-11(18)14-5-6-17(10)13(21)16-8-3-4-9(12(19)20)15-7-8/h3-4,7,10H,2,5-6H2,1H3,(H,14,18)(H,16,21)(H,19,20). The molecule has 2 rings (SSSR count). The number of urea groups is 1. The monoisotopic (exact) mass is 292 g/mol. The lowest BCUT2D eigenvalue weighted by atomic mass is 10.1. The fourth-order valence-electron chi connectivity index (χ4n) is 2.15. The fourth-order valence-corrected chi connectivity index (χ4v) is 2.15. The average Bonchev–Trinajstić information content (AvgIpc) is 2.47. The number of carbonyl (C=O) groups excluding carboxylic acids is 2. The van der Waals surface area contributed by atoms with E-state index in [1.54, 1.807) is 0 Å². The van der Waals surface area contributed by atoms with Gasteiger partial charge in [-0.05, 0) is 18.6 Å². The van der Waals surface area contributed by atoms with Gasteiger partial charge in [0.25, 0.3) is 0 Å². The maximum Gasteiger partial charge on any atom is 0.354 e. The van der Waals surface area contributed by atoms with Crippen LogP contribution in [-0.4, -0.2) is 52.0 Å². The lowest BCUT2D eigenvalue weighted by molar-refractivity contribution is -0.127. The molecule has 1 aromatic heterocycles. The van der Waals surface area contributed by atoms with Gasteiger partial charge in [0.2, 0.25) is 5.91 Å². The Hall–Kier alpha value is -2.64. The highest BCUT2D eigenvalue weighted by Crippen LogP contribution is 2.12. The molecule has 112 valence electrons. The summed E-state index contributed by atoms with van der Waals surface area (Å²) in [7, 11) is 0. The third-order valence-electron chi connectivity index (χ3n) is 3.21. The van der Waals surface area contributed by atoms with E-state index < -0.39 is 18.0 Å². The van der Waals surface area contributed by atoms with Crippen molar-refractivity contribution in [3.63, 3.8) is 0 Å². The molecular formula is C13H16N4O4. The van der Waals surface area contributed by atoms with E-state index in [2.05, 4.69) is 15.6 Å². The number of nitrogens with zero attached hydrogens (tertiary/aromatic N) is 2. The molecule has 1 aliphatic heterocycles. The first kappa shape index (κ1) is 14.8. The number of aromatic nitrogens is 1. The number of anilines is 1. The van der Waals surface area contributed by atoms with Gasteiger partial charge >= 0.3 is 12.0 Å². The van der Waals surface area contributed by atoms with Gasteiger partial charge < -0.3 is 20.6 Å². The summed E-state index contributed by atoms with van der Waals surface area (Å²) in [5.41, 5.74) is 0.280. The van der Waals surface area contributed by atoms with Gasteiger partial charge in [0.1, 0.15) is 11.7 Å². The first-order chi connectivity index (χ1) is 10.0. The van der Waals surface area contributed by atoms with Crippen molar-refractivity contribution in [2.75, 3.05) is 18.4 Å². The van der Waals surface area contributed by atoms with Crippen LogP contribution < -0.4 is 10.6 Å². The second kappa shape index (κ2) is 6.21. The zero-order valence-corrected chi connectivity index (χ0v) is 11.5. The number of carboxylic acids is 1. The van der Waals surface area contributed by atoms with Gasteiger partial charge in [0, 0.05) is 13.1 Å². The minimum absolute atomic E-state index is 0.100. The maximum absolute atomic E-state index is 12.2. The molecule has 21 heavy (non-hydrogen) atoms. The van der Waals surface area contributed by atoms with Crippen LogP contribution in [0.1, 0.15) is 23.8 Å². The molecule has 0 bridgehead atoms. The van der Waals surface area contributed by atoms with Gasteiger partial charge in [-0.2, -0.15) is 0 Å². The van der Waals surface area contributed by atoms with Gasteiger partial charge in [0.05, 0.1) is 11.9 Å². The van der Waals surface area contributed by atoms with E-state index in [4.69, 9.17) is 5.11 Å². The Labute approximate surface area is 121 Å². The summed E-state index contributed by atoms with van der Waals surface area (Å²) in [6.45, 7) is 2.68. The van der Waals surface area contributed by atoms with Crippen LogP contribution in [0.5, 0.6) is 0 Å². The SMILES string of the molecule is CCC1C(=O)NCCN1C(=O)Nc1ccc(C(=O)O)nc1. The number of hydrogen-bond donors (Lipinski definition) is 3. The van der Waals surface area contributed by atoms with Crippen molar-refractivity contribution in [1.82, 2.24) is 15.2 Å². The molecular weight excluding hydrogens is 276 g/mol. The summed E-state index contributed by atoms with van der Waals surface area (Å²) in [6, 6.07) is 1.86. The quantitative estimate of drug-likeness (QED) is 0.752. The molecule has 8 heteroatoms. The zero-order chi connectivity index (χ0) is 15.4. The van der Waals surface area contributed by atoms with Gasteiger partial charge in [-0.15, -0.1) is 0 Å². The summed E-state index contributed by atoms with van der Waals surface area (Å²) in [5, 5.41) is 14.1. The number of carboxylic acid groups (broad SMARTS) is 1. The summed E-state index contributed by atoms with van der Waals surface area (Å²) in [4.78, 5) is 39.8. The number of hydrogen-bond acceptors (Lipinski definition) is 4. The minimum Gasteiger partial charge on any atom is -0.477 e. The van der Waals surface area contributed by atoms with Gasteiger partial charge in [-0.1, -0.05) is 6.92 Å². The molecule has 0 radical (unpaired) electrons. The molecule has 3 N–H and O–H groups in total. The van der Waals surface area contributed by atoms with Crippen molar-refractivity contribution in [3.05, 3.63) is 24.0 Å². The molecule has 0 aliphatic carbocycles. The second-order valence-corrected chi connectivity index (χ2v) is 4.58. The summed E-state index contributed by atoms with van der Waals surface area (Å²) < 4.78 is 0. The lowest BCUT2D eigenvalue weighted by Gasteiger charge is -2.34.